The number of likely N-dealkylation sites (N-methyl/N-ethyl adjacent to an activating group) is 2. The number of aromatic hydroxyl groups is 1. The fourth-order valence-electron chi connectivity index (χ4n) is 2.08. The van der Waals surface area contributed by atoms with Crippen molar-refractivity contribution < 1.29 is 24.2 Å². The van der Waals surface area contributed by atoms with Crippen molar-refractivity contribution >= 4 is 35.5 Å². The molecule has 23 heavy (non-hydrogen) atoms. The lowest BCUT2D eigenvalue weighted by molar-refractivity contribution is -0.134. The molecule has 0 atom stereocenters. The van der Waals surface area contributed by atoms with Crippen LogP contribution in [0.3, 0.4) is 0 Å². The van der Waals surface area contributed by atoms with Crippen molar-refractivity contribution in [2.75, 3.05) is 20.7 Å². The summed E-state index contributed by atoms with van der Waals surface area (Å²) in [5.41, 5.74) is 0.211. The van der Waals surface area contributed by atoms with Crippen molar-refractivity contribution in [1.29, 1.82) is 0 Å². The van der Waals surface area contributed by atoms with E-state index in [1.165, 1.54) is 32.3 Å². The fourth-order valence-corrected chi connectivity index (χ4v) is 2.30. The maximum Gasteiger partial charge on any atom is 0.333 e. The molecule has 0 saturated carbocycles. The normalized spacial score (nSPS) is 15.3. The van der Waals surface area contributed by atoms with Gasteiger partial charge in [0.2, 0.25) is 0 Å². The summed E-state index contributed by atoms with van der Waals surface area (Å²) in [4.78, 5) is 37.7. The number of barbiturate groups is 1. The van der Waals surface area contributed by atoms with Crippen LogP contribution >= 0.6 is 11.6 Å². The Bertz CT molecular complexity index is 703. The van der Waals surface area contributed by atoms with Crippen LogP contribution in [0.4, 0.5) is 4.79 Å². The first kappa shape index (κ1) is 16.8. The minimum absolute atomic E-state index is 0.0243. The third-order valence-corrected chi connectivity index (χ3v) is 3.59. The zero-order chi connectivity index (χ0) is 17.3. The van der Waals surface area contributed by atoms with Crippen molar-refractivity contribution in [2.24, 2.45) is 0 Å². The van der Waals surface area contributed by atoms with Crippen molar-refractivity contribution in [3.63, 3.8) is 0 Å². The Balaban J connectivity index is 2.50. The van der Waals surface area contributed by atoms with E-state index in [2.05, 4.69) is 0 Å². The number of phenols is 1. The molecule has 0 aliphatic carbocycles. The Labute approximate surface area is 137 Å². The smallest absolute Gasteiger partial charge is 0.333 e. The summed E-state index contributed by atoms with van der Waals surface area (Å²) in [5, 5.41) is 9.83. The summed E-state index contributed by atoms with van der Waals surface area (Å²) in [6.07, 6.45) is 1.30. The zero-order valence-corrected chi connectivity index (χ0v) is 13.5. The number of halogens is 1. The van der Waals surface area contributed by atoms with E-state index in [-0.39, 0.29) is 22.1 Å². The van der Waals surface area contributed by atoms with Gasteiger partial charge in [0, 0.05) is 14.1 Å². The number of phenolic OH excluding ortho intramolecular Hbond substituents is 1. The molecule has 1 fully saturated rings. The van der Waals surface area contributed by atoms with Gasteiger partial charge in [-0.3, -0.25) is 19.4 Å². The van der Waals surface area contributed by atoms with Crippen LogP contribution in [0.2, 0.25) is 5.02 Å². The van der Waals surface area contributed by atoms with Crippen LogP contribution in [-0.2, 0) is 9.59 Å². The van der Waals surface area contributed by atoms with E-state index in [0.717, 1.165) is 9.80 Å². The van der Waals surface area contributed by atoms with Crippen LogP contribution in [0.25, 0.3) is 6.08 Å². The summed E-state index contributed by atoms with van der Waals surface area (Å²) in [5.74, 6) is -1.50. The number of benzene rings is 1. The largest absolute Gasteiger partial charge is 0.503 e. The minimum Gasteiger partial charge on any atom is -0.503 e. The summed E-state index contributed by atoms with van der Waals surface area (Å²) >= 11 is 5.92. The second-order valence-corrected chi connectivity index (χ2v) is 5.26. The maximum absolute atomic E-state index is 12.1. The highest BCUT2D eigenvalue weighted by atomic mass is 35.5. The molecule has 1 N–H and O–H groups in total. The third kappa shape index (κ3) is 3.00. The lowest BCUT2D eigenvalue weighted by Gasteiger charge is -2.28. The van der Waals surface area contributed by atoms with E-state index in [1.807, 2.05) is 0 Å². The molecule has 0 aromatic heterocycles. The SMILES string of the molecule is CCOc1cc(C=C2C(=O)N(C)C(=O)N(C)C2=O)cc(Cl)c1O. The predicted molar refractivity (Wildman–Crippen MR) is 83.2 cm³/mol. The van der Waals surface area contributed by atoms with Crippen LogP contribution in [0, 0.1) is 0 Å². The molecule has 1 heterocycles. The molecule has 1 aliphatic heterocycles. The first-order valence-electron chi connectivity index (χ1n) is 6.75. The Morgan fingerprint density at radius 2 is 1.74 bits per heavy atom. The molecule has 1 aliphatic rings. The van der Waals surface area contributed by atoms with Crippen molar-refractivity contribution in [2.45, 2.75) is 6.92 Å². The molecule has 1 saturated heterocycles. The van der Waals surface area contributed by atoms with E-state index < -0.39 is 17.8 Å². The number of hydrogen-bond donors (Lipinski definition) is 1. The molecule has 0 spiro atoms. The number of nitrogens with zero attached hydrogens (tertiary/aromatic N) is 2. The van der Waals surface area contributed by atoms with Gasteiger partial charge in [-0.05, 0) is 30.7 Å². The van der Waals surface area contributed by atoms with Crippen LogP contribution in [-0.4, -0.2) is 53.5 Å². The van der Waals surface area contributed by atoms with Crippen LogP contribution in [0.15, 0.2) is 17.7 Å². The number of rotatable bonds is 3. The third-order valence-electron chi connectivity index (χ3n) is 3.31. The number of ether oxygens (including phenoxy) is 1. The van der Waals surface area contributed by atoms with Crippen molar-refractivity contribution in [3.05, 3.63) is 28.3 Å². The molecular formula is C15H15ClN2O5. The second-order valence-electron chi connectivity index (χ2n) is 4.85. The first-order valence-corrected chi connectivity index (χ1v) is 7.12. The molecule has 122 valence electrons. The Kier molecular flexibility index (Phi) is 4.60. The number of carbonyl (C=O) groups is 3. The van der Waals surface area contributed by atoms with Crippen LogP contribution in [0.5, 0.6) is 11.5 Å². The first-order chi connectivity index (χ1) is 10.8. The van der Waals surface area contributed by atoms with E-state index in [4.69, 9.17) is 16.3 Å². The Morgan fingerprint density at radius 3 is 2.26 bits per heavy atom. The van der Waals surface area contributed by atoms with Gasteiger partial charge in [-0.1, -0.05) is 11.6 Å². The highest BCUT2D eigenvalue weighted by Gasteiger charge is 2.37. The van der Waals surface area contributed by atoms with Gasteiger partial charge in [-0.25, -0.2) is 4.79 Å². The van der Waals surface area contributed by atoms with Gasteiger partial charge in [0.05, 0.1) is 11.6 Å². The average molecular weight is 339 g/mol. The van der Waals surface area contributed by atoms with E-state index in [0.29, 0.717) is 12.2 Å². The van der Waals surface area contributed by atoms with E-state index in [1.54, 1.807) is 6.92 Å². The molecule has 0 unspecified atom stereocenters. The average Bonchev–Trinajstić information content (AvgIpc) is 2.52. The fraction of sp³-hybridized carbons (Fsp3) is 0.267. The molecule has 0 bridgehead atoms. The lowest BCUT2D eigenvalue weighted by atomic mass is 10.1. The van der Waals surface area contributed by atoms with Gasteiger partial charge in [-0.15, -0.1) is 0 Å². The topological polar surface area (TPSA) is 87.2 Å². The minimum atomic E-state index is -0.708. The molecule has 1 aromatic rings. The van der Waals surface area contributed by atoms with E-state index >= 15 is 0 Å². The van der Waals surface area contributed by atoms with Gasteiger partial charge < -0.3 is 9.84 Å². The molecule has 7 nitrogen and oxygen atoms in total. The van der Waals surface area contributed by atoms with Crippen LogP contribution in [0.1, 0.15) is 12.5 Å². The Hall–Kier alpha value is -2.54. The molecule has 2 rings (SSSR count). The second kappa shape index (κ2) is 6.29. The van der Waals surface area contributed by atoms with Crippen molar-refractivity contribution in [1.82, 2.24) is 9.80 Å². The van der Waals surface area contributed by atoms with Gasteiger partial charge in [0.1, 0.15) is 5.57 Å². The molecule has 8 heteroatoms. The summed E-state index contributed by atoms with van der Waals surface area (Å²) in [6, 6.07) is 2.15. The maximum atomic E-state index is 12.1. The molecular weight excluding hydrogens is 324 g/mol. The van der Waals surface area contributed by atoms with Crippen LogP contribution < -0.4 is 4.74 Å². The summed E-state index contributed by atoms with van der Waals surface area (Å²) < 4.78 is 5.25. The monoisotopic (exact) mass is 338 g/mol. The quantitative estimate of drug-likeness (QED) is 0.671. The van der Waals surface area contributed by atoms with E-state index in [9.17, 15) is 19.5 Å². The summed E-state index contributed by atoms with van der Waals surface area (Å²) in [6.45, 7) is 2.05. The highest BCUT2D eigenvalue weighted by molar-refractivity contribution is 6.33. The van der Waals surface area contributed by atoms with Gasteiger partial charge in [0.25, 0.3) is 11.8 Å². The number of amides is 4. The summed E-state index contributed by atoms with van der Waals surface area (Å²) in [7, 11) is 2.58. The number of carbonyl (C=O) groups excluding carboxylic acids is 3. The number of hydrogen-bond acceptors (Lipinski definition) is 5. The predicted octanol–water partition coefficient (Wildman–Crippen LogP) is 1.88. The van der Waals surface area contributed by atoms with Gasteiger partial charge in [-0.2, -0.15) is 0 Å². The molecule has 4 amide bonds. The lowest BCUT2D eigenvalue weighted by Crippen LogP contribution is -2.52. The molecule has 1 aromatic carbocycles. The van der Waals surface area contributed by atoms with Crippen molar-refractivity contribution in [3.8, 4) is 11.5 Å². The Morgan fingerprint density at radius 1 is 1.17 bits per heavy atom. The zero-order valence-electron chi connectivity index (χ0n) is 12.8. The molecule has 0 radical (unpaired) electrons. The highest BCUT2D eigenvalue weighted by Crippen LogP contribution is 2.36. The number of imide groups is 2. The standard InChI is InChI=1S/C15H15ClN2O5/c1-4-23-11-7-8(6-10(16)12(11)19)5-9-13(20)17(2)15(22)18(3)14(9)21/h5-7,19H,4H2,1-3H3. The van der Waals surface area contributed by atoms with Gasteiger partial charge >= 0.3 is 6.03 Å². The van der Waals surface area contributed by atoms with Gasteiger partial charge in [0.15, 0.2) is 11.5 Å². The number of urea groups is 1.